The van der Waals surface area contributed by atoms with Crippen LogP contribution in [0.25, 0.3) is 11.4 Å². The van der Waals surface area contributed by atoms with Crippen molar-refractivity contribution in [3.8, 4) is 17.1 Å². The zero-order valence-corrected chi connectivity index (χ0v) is 13.7. The average molecular weight is 333 g/mol. The van der Waals surface area contributed by atoms with Crippen molar-refractivity contribution in [3.63, 3.8) is 0 Å². The monoisotopic (exact) mass is 333 g/mol. The van der Waals surface area contributed by atoms with Gasteiger partial charge in [-0.2, -0.15) is 0 Å². The van der Waals surface area contributed by atoms with E-state index in [1.54, 1.807) is 4.90 Å². The number of aliphatic hydroxyl groups is 2. The number of anilines is 1. The van der Waals surface area contributed by atoms with Crippen LogP contribution in [0.5, 0.6) is 5.75 Å². The Hall–Kier alpha value is -2.38. The molecule has 0 fully saturated rings. The second-order valence-corrected chi connectivity index (χ2v) is 5.23. The van der Waals surface area contributed by atoms with Gasteiger partial charge < -0.3 is 24.8 Å². The van der Waals surface area contributed by atoms with E-state index in [2.05, 4.69) is 9.97 Å². The van der Waals surface area contributed by atoms with Gasteiger partial charge in [-0.05, 0) is 18.6 Å². The Morgan fingerprint density at radius 1 is 1.21 bits per heavy atom. The lowest BCUT2D eigenvalue weighted by Crippen LogP contribution is -2.31. The highest BCUT2D eigenvalue weighted by atomic mass is 16.5. The number of aliphatic hydroxyl groups excluding tert-OH is 2. The molecule has 0 bridgehead atoms. The summed E-state index contributed by atoms with van der Waals surface area (Å²) in [7, 11) is 0. The van der Waals surface area contributed by atoms with Crippen molar-refractivity contribution in [2.75, 3.05) is 37.8 Å². The zero-order chi connectivity index (χ0) is 17.4. The third kappa shape index (κ3) is 4.56. The Bertz CT molecular complexity index is 696. The van der Waals surface area contributed by atoms with Crippen molar-refractivity contribution in [2.45, 2.75) is 13.3 Å². The lowest BCUT2D eigenvalue weighted by atomic mass is 10.2. The van der Waals surface area contributed by atoms with Crippen LogP contribution in [0.15, 0.2) is 35.1 Å². The summed E-state index contributed by atoms with van der Waals surface area (Å²) in [6.45, 7) is 2.96. The first-order chi connectivity index (χ1) is 11.7. The summed E-state index contributed by atoms with van der Waals surface area (Å²) in [5, 5.41) is 18.3. The summed E-state index contributed by atoms with van der Waals surface area (Å²) in [6, 6.07) is 8.72. The molecule has 0 spiro atoms. The number of ether oxygens (including phenoxy) is 1. The summed E-state index contributed by atoms with van der Waals surface area (Å²) in [5.74, 6) is 1.45. The molecule has 0 aliphatic carbocycles. The van der Waals surface area contributed by atoms with Gasteiger partial charge in [0.1, 0.15) is 17.4 Å². The molecule has 0 radical (unpaired) electrons. The van der Waals surface area contributed by atoms with Crippen LogP contribution in [0.2, 0.25) is 0 Å². The van der Waals surface area contributed by atoms with E-state index >= 15 is 0 Å². The van der Waals surface area contributed by atoms with E-state index in [-0.39, 0.29) is 31.9 Å². The summed E-state index contributed by atoms with van der Waals surface area (Å²) < 4.78 is 5.72. The fourth-order valence-corrected chi connectivity index (χ4v) is 2.32. The predicted molar refractivity (Wildman–Crippen MR) is 92.5 cm³/mol. The summed E-state index contributed by atoms with van der Waals surface area (Å²) in [5.41, 5.74) is 0.388. The molecule has 3 N–H and O–H groups in total. The Morgan fingerprint density at radius 3 is 2.58 bits per heavy atom. The van der Waals surface area contributed by atoms with Gasteiger partial charge in [0.2, 0.25) is 0 Å². The molecule has 130 valence electrons. The lowest BCUT2D eigenvalue weighted by molar-refractivity contribution is 0.280. The molecule has 2 rings (SSSR count). The number of nitrogens with one attached hydrogen (secondary N) is 1. The van der Waals surface area contributed by atoms with E-state index in [0.717, 1.165) is 6.42 Å². The minimum absolute atomic E-state index is 0.0972. The topological polar surface area (TPSA) is 98.7 Å². The molecule has 2 aromatic rings. The summed E-state index contributed by atoms with van der Waals surface area (Å²) in [6.07, 6.45) is 0.874. The number of hydrogen-bond donors (Lipinski definition) is 3. The molecular weight excluding hydrogens is 310 g/mol. The van der Waals surface area contributed by atoms with Gasteiger partial charge >= 0.3 is 0 Å². The van der Waals surface area contributed by atoms with E-state index in [9.17, 15) is 4.79 Å². The molecule has 7 nitrogen and oxygen atoms in total. The molecule has 24 heavy (non-hydrogen) atoms. The molecule has 0 saturated heterocycles. The molecule has 0 amide bonds. The molecule has 0 aliphatic heterocycles. The third-order valence-corrected chi connectivity index (χ3v) is 3.40. The van der Waals surface area contributed by atoms with Gasteiger partial charge in [-0.25, -0.2) is 4.98 Å². The maximum atomic E-state index is 12.0. The molecule has 1 heterocycles. The maximum absolute atomic E-state index is 12.0. The second kappa shape index (κ2) is 9.05. The number of aromatic amines is 1. The zero-order valence-electron chi connectivity index (χ0n) is 13.7. The number of hydrogen-bond acceptors (Lipinski definition) is 6. The van der Waals surface area contributed by atoms with Gasteiger partial charge in [0, 0.05) is 19.2 Å². The minimum atomic E-state index is -0.304. The van der Waals surface area contributed by atoms with Gasteiger partial charge in [-0.15, -0.1) is 0 Å². The number of benzene rings is 1. The van der Waals surface area contributed by atoms with Crippen molar-refractivity contribution >= 4 is 5.82 Å². The summed E-state index contributed by atoms with van der Waals surface area (Å²) in [4.78, 5) is 20.9. The molecule has 1 aromatic heterocycles. The van der Waals surface area contributed by atoms with E-state index < -0.39 is 0 Å². The van der Waals surface area contributed by atoms with Crippen LogP contribution in [-0.4, -0.2) is 53.1 Å². The van der Waals surface area contributed by atoms with Crippen LogP contribution < -0.4 is 15.2 Å². The first kappa shape index (κ1) is 18.0. The Labute approximate surface area is 140 Å². The van der Waals surface area contributed by atoms with Crippen molar-refractivity contribution < 1.29 is 14.9 Å². The molecule has 7 heteroatoms. The van der Waals surface area contributed by atoms with Gasteiger partial charge in [0.05, 0.1) is 25.4 Å². The van der Waals surface area contributed by atoms with Crippen molar-refractivity contribution in [1.82, 2.24) is 9.97 Å². The SMILES string of the molecule is CCCOc1ccccc1-c1nc(N(CCO)CCO)cc(=O)[nH]1. The minimum Gasteiger partial charge on any atom is -0.493 e. The molecule has 1 aromatic carbocycles. The van der Waals surface area contributed by atoms with Crippen LogP contribution >= 0.6 is 0 Å². The number of rotatable bonds is 9. The smallest absolute Gasteiger partial charge is 0.253 e. The van der Waals surface area contributed by atoms with Crippen molar-refractivity contribution in [1.29, 1.82) is 0 Å². The quantitative estimate of drug-likeness (QED) is 0.634. The Morgan fingerprint density at radius 2 is 1.92 bits per heavy atom. The summed E-state index contributed by atoms with van der Waals surface area (Å²) >= 11 is 0. The largest absolute Gasteiger partial charge is 0.493 e. The van der Waals surface area contributed by atoms with Crippen LogP contribution in [0.4, 0.5) is 5.82 Å². The first-order valence-electron chi connectivity index (χ1n) is 7.99. The Balaban J connectivity index is 2.43. The van der Waals surface area contributed by atoms with Gasteiger partial charge in [0.25, 0.3) is 5.56 Å². The van der Waals surface area contributed by atoms with Crippen LogP contribution in [0, 0.1) is 0 Å². The highest BCUT2D eigenvalue weighted by Crippen LogP contribution is 2.27. The van der Waals surface area contributed by atoms with Gasteiger partial charge in [-0.3, -0.25) is 4.79 Å². The average Bonchev–Trinajstić information content (AvgIpc) is 2.59. The molecule has 0 atom stereocenters. The number of nitrogens with zero attached hydrogens (tertiary/aromatic N) is 2. The third-order valence-electron chi connectivity index (χ3n) is 3.40. The van der Waals surface area contributed by atoms with Crippen molar-refractivity contribution in [3.05, 3.63) is 40.7 Å². The molecule has 0 unspecified atom stereocenters. The number of para-hydroxylation sites is 1. The first-order valence-corrected chi connectivity index (χ1v) is 7.99. The maximum Gasteiger partial charge on any atom is 0.253 e. The van der Waals surface area contributed by atoms with Crippen LogP contribution in [-0.2, 0) is 0 Å². The van der Waals surface area contributed by atoms with E-state index in [1.807, 2.05) is 31.2 Å². The van der Waals surface area contributed by atoms with Crippen molar-refractivity contribution in [2.24, 2.45) is 0 Å². The van der Waals surface area contributed by atoms with Crippen LogP contribution in [0.3, 0.4) is 0 Å². The van der Waals surface area contributed by atoms with E-state index in [0.29, 0.717) is 29.6 Å². The fourth-order valence-electron chi connectivity index (χ4n) is 2.32. The molecular formula is C17H23N3O4. The standard InChI is InChI=1S/C17H23N3O4/c1-2-11-24-14-6-4-3-5-13(14)17-18-15(12-16(23)19-17)20(7-9-21)8-10-22/h3-6,12,21-22H,2,7-11H2,1H3,(H,18,19,23). The highest BCUT2D eigenvalue weighted by Gasteiger charge is 2.13. The van der Waals surface area contributed by atoms with Gasteiger partial charge in [-0.1, -0.05) is 19.1 Å². The van der Waals surface area contributed by atoms with E-state index in [1.165, 1.54) is 6.07 Å². The predicted octanol–water partition coefficient (Wildman–Crippen LogP) is 1.02. The lowest BCUT2D eigenvalue weighted by Gasteiger charge is -2.22. The normalized spacial score (nSPS) is 10.6. The molecule has 0 saturated carbocycles. The van der Waals surface area contributed by atoms with Crippen LogP contribution in [0.1, 0.15) is 13.3 Å². The number of H-pyrrole nitrogens is 1. The second-order valence-electron chi connectivity index (χ2n) is 5.23. The van der Waals surface area contributed by atoms with E-state index in [4.69, 9.17) is 14.9 Å². The number of aromatic nitrogens is 2. The molecule has 0 aliphatic rings. The fraction of sp³-hybridized carbons (Fsp3) is 0.412. The van der Waals surface area contributed by atoms with Gasteiger partial charge in [0.15, 0.2) is 0 Å². The highest BCUT2D eigenvalue weighted by molar-refractivity contribution is 5.65. The Kier molecular flexibility index (Phi) is 6.77.